The average Bonchev–Trinajstić information content (AvgIpc) is 2.54. The smallest absolute Gasteiger partial charge is 0.226 e. The van der Waals surface area contributed by atoms with Gasteiger partial charge in [-0.05, 0) is 36.5 Å². The van der Waals surface area contributed by atoms with E-state index < -0.39 is 0 Å². The molecule has 1 aliphatic heterocycles. The monoisotopic (exact) mass is 444 g/mol. The SMILES string of the molecule is CC1CCN(C(N)=NCc2ccc(NC(=O)C(C)C)cc2)CC1.I. The number of carbonyl (C=O) groups excluding carboxylic acids is 1. The zero-order chi connectivity index (χ0) is 16.8. The van der Waals surface area contributed by atoms with E-state index >= 15 is 0 Å². The number of anilines is 1. The molecule has 0 spiro atoms. The number of nitrogens with zero attached hydrogens (tertiary/aromatic N) is 2. The highest BCUT2D eigenvalue weighted by molar-refractivity contribution is 14.0. The summed E-state index contributed by atoms with van der Waals surface area (Å²) in [5, 5.41) is 2.88. The van der Waals surface area contributed by atoms with Crippen LogP contribution in [0.4, 0.5) is 5.69 Å². The van der Waals surface area contributed by atoms with Crippen LogP contribution in [0.25, 0.3) is 0 Å². The van der Waals surface area contributed by atoms with Crippen molar-refractivity contribution in [1.82, 2.24) is 4.90 Å². The van der Waals surface area contributed by atoms with E-state index in [1.54, 1.807) is 0 Å². The van der Waals surface area contributed by atoms with Gasteiger partial charge in [0.1, 0.15) is 0 Å². The molecule has 1 saturated heterocycles. The third kappa shape index (κ3) is 6.30. The number of nitrogens with two attached hydrogens (primary N) is 1. The van der Waals surface area contributed by atoms with E-state index in [2.05, 4.69) is 22.1 Å². The maximum Gasteiger partial charge on any atom is 0.226 e. The van der Waals surface area contributed by atoms with Gasteiger partial charge >= 0.3 is 0 Å². The highest BCUT2D eigenvalue weighted by Gasteiger charge is 2.16. The quantitative estimate of drug-likeness (QED) is 0.425. The van der Waals surface area contributed by atoms with Crippen LogP contribution >= 0.6 is 24.0 Å². The number of likely N-dealkylation sites (tertiary alicyclic amines) is 1. The average molecular weight is 444 g/mol. The molecule has 134 valence electrons. The number of hydrogen-bond donors (Lipinski definition) is 2. The molecule has 2 rings (SSSR count). The molecule has 1 aromatic rings. The summed E-state index contributed by atoms with van der Waals surface area (Å²) in [5.41, 5.74) is 7.99. The molecule has 1 aromatic carbocycles. The summed E-state index contributed by atoms with van der Waals surface area (Å²) < 4.78 is 0. The Hall–Kier alpha value is -1.31. The number of aliphatic imine (C=N–C) groups is 1. The highest BCUT2D eigenvalue weighted by Crippen LogP contribution is 2.16. The molecule has 24 heavy (non-hydrogen) atoms. The first kappa shape index (κ1) is 20.7. The van der Waals surface area contributed by atoms with Crippen molar-refractivity contribution in [2.45, 2.75) is 40.2 Å². The zero-order valence-corrected chi connectivity index (χ0v) is 17.1. The van der Waals surface area contributed by atoms with E-state index in [9.17, 15) is 4.79 Å². The zero-order valence-electron chi connectivity index (χ0n) is 14.8. The summed E-state index contributed by atoms with van der Waals surface area (Å²) in [6.07, 6.45) is 2.36. The van der Waals surface area contributed by atoms with Gasteiger partial charge in [0.25, 0.3) is 0 Å². The molecule has 1 heterocycles. The van der Waals surface area contributed by atoms with Gasteiger partial charge in [0.2, 0.25) is 5.91 Å². The van der Waals surface area contributed by atoms with Gasteiger partial charge in [-0.15, -0.1) is 24.0 Å². The van der Waals surface area contributed by atoms with Crippen molar-refractivity contribution in [3.8, 4) is 0 Å². The molecule has 0 atom stereocenters. The molecule has 5 nitrogen and oxygen atoms in total. The lowest BCUT2D eigenvalue weighted by molar-refractivity contribution is -0.118. The molecular weight excluding hydrogens is 415 g/mol. The summed E-state index contributed by atoms with van der Waals surface area (Å²) >= 11 is 0. The van der Waals surface area contributed by atoms with Gasteiger partial charge in [-0.3, -0.25) is 4.79 Å². The van der Waals surface area contributed by atoms with Crippen molar-refractivity contribution in [3.05, 3.63) is 29.8 Å². The van der Waals surface area contributed by atoms with E-state index in [4.69, 9.17) is 5.73 Å². The van der Waals surface area contributed by atoms with Crippen LogP contribution in [0.1, 0.15) is 39.2 Å². The molecule has 1 fully saturated rings. The van der Waals surface area contributed by atoms with Crippen LogP contribution in [0, 0.1) is 11.8 Å². The predicted octanol–water partition coefficient (Wildman–Crippen LogP) is 3.45. The summed E-state index contributed by atoms with van der Waals surface area (Å²) in [6.45, 7) is 8.60. The predicted molar refractivity (Wildman–Crippen MR) is 111 cm³/mol. The van der Waals surface area contributed by atoms with Crippen LogP contribution in [0.5, 0.6) is 0 Å². The number of piperidine rings is 1. The van der Waals surface area contributed by atoms with E-state index in [-0.39, 0.29) is 35.8 Å². The van der Waals surface area contributed by atoms with Gasteiger partial charge in [0.05, 0.1) is 6.54 Å². The Morgan fingerprint density at radius 2 is 1.88 bits per heavy atom. The number of guanidine groups is 1. The van der Waals surface area contributed by atoms with E-state index in [0.29, 0.717) is 12.5 Å². The van der Waals surface area contributed by atoms with E-state index in [0.717, 1.165) is 30.3 Å². The van der Waals surface area contributed by atoms with Crippen molar-refractivity contribution < 1.29 is 4.79 Å². The second-order valence-corrected chi connectivity index (χ2v) is 6.68. The molecule has 3 N–H and O–H groups in total. The molecule has 0 radical (unpaired) electrons. The van der Waals surface area contributed by atoms with Crippen LogP contribution < -0.4 is 11.1 Å². The minimum Gasteiger partial charge on any atom is -0.370 e. The Kier molecular flexibility index (Phi) is 8.52. The fraction of sp³-hybridized carbons (Fsp3) is 0.556. The third-order valence-electron chi connectivity index (χ3n) is 4.28. The Labute approximate surface area is 162 Å². The molecule has 0 aliphatic carbocycles. The lowest BCUT2D eigenvalue weighted by atomic mass is 10.00. The Morgan fingerprint density at radius 3 is 2.42 bits per heavy atom. The number of carbonyl (C=O) groups is 1. The van der Waals surface area contributed by atoms with Gasteiger partial charge in [-0.25, -0.2) is 4.99 Å². The normalized spacial score (nSPS) is 16.0. The molecule has 1 amide bonds. The van der Waals surface area contributed by atoms with Crippen molar-refractivity contribution in [3.63, 3.8) is 0 Å². The second-order valence-electron chi connectivity index (χ2n) is 6.68. The van der Waals surface area contributed by atoms with Crippen LogP contribution in [-0.4, -0.2) is 29.9 Å². The number of nitrogens with one attached hydrogen (secondary N) is 1. The van der Waals surface area contributed by atoms with Crippen LogP contribution in [0.15, 0.2) is 29.3 Å². The maximum absolute atomic E-state index is 11.7. The number of rotatable bonds is 4. The van der Waals surface area contributed by atoms with Gasteiger partial charge in [0.15, 0.2) is 5.96 Å². The Balaban J connectivity index is 0.00000288. The van der Waals surface area contributed by atoms with Crippen LogP contribution in [0.3, 0.4) is 0 Å². The second kappa shape index (κ2) is 9.86. The van der Waals surface area contributed by atoms with Crippen LogP contribution in [0.2, 0.25) is 0 Å². The number of halogens is 1. The number of hydrogen-bond acceptors (Lipinski definition) is 2. The highest BCUT2D eigenvalue weighted by atomic mass is 127. The van der Waals surface area contributed by atoms with Crippen molar-refractivity contribution in [1.29, 1.82) is 0 Å². The first-order valence-electron chi connectivity index (χ1n) is 8.40. The molecule has 0 aromatic heterocycles. The fourth-order valence-electron chi connectivity index (χ4n) is 2.49. The minimum absolute atomic E-state index is 0. The first-order chi connectivity index (χ1) is 11.0. The molecule has 0 saturated carbocycles. The van der Waals surface area contributed by atoms with Crippen molar-refractivity contribution in [2.75, 3.05) is 18.4 Å². The Morgan fingerprint density at radius 1 is 1.29 bits per heavy atom. The summed E-state index contributed by atoms with van der Waals surface area (Å²) in [5.74, 6) is 1.42. The standard InChI is InChI=1S/C18H28N4O.HI/c1-13(2)17(23)21-16-6-4-15(5-7-16)12-20-18(19)22-10-8-14(3)9-11-22;/h4-7,13-14H,8-12H2,1-3H3,(H2,19,20)(H,21,23);1H. The van der Waals surface area contributed by atoms with Crippen molar-refractivity contribution >= 4 is 41.5 Å². The lowest BCUT2D eigenvalue weighted by Crippen LogP contribution is -2.42. The summed E-state index contributed by atoms with van der Waals surface area (Å²) in [4.78, 5) is 18.3. The number of amides is 1. The molecule has 0 unspecified atom stereocenters. The van der Waals surface area contributed by atoms with Crippen molar-refractivity contribution in [2.24, 2.45) is 22.6 Å². The van der Waals surface area contributed by atoms with Gasteiger partial charge < -0.3 is 16.0 Å². The van der Waals surface area contributed by atoms with Gasteiger partial charge in [0, 0.05) is 24.7 Å². The lowest BCUT2D eigenvalue weighted by Gasteiger charge is -2.31. The molecule has 0 bridgehead atoms. The molecular formula is C18H29IN4O. The fourth-order valence-corrected chi connectivity index (χ4v) is 2.49. The van der Waals surface area contributed by atoms with E-state index in [1.165, 1.54) is 12.8 Å². The van der Waals surface area contributed by atoms with Crippen LogP contribution in [-0.2, 0) is 11.3 Å². The largest absolute Gasteiger partial charge is 0.370 e. The Bertz CT molecular complexity index is 549. The van der Waals surface area contributed by atoms with Gasteiger partial charge in [-0.2, -0.15) is 0 Å². The first-order valence-corrected chi connectivity index (χ1v) is 8.40. The summed E-state index contributed by atoms with van der Waals surface area (Å²) in [7, 11) is 0. The van der Waals surface area contributed by atoms with E-state index in [1.807, 2.05) is 38.1 Å². The minimum atomic E-state index is -0.0219. The molecule has 1 aliphatic rings. The number of benzene rings is 1. The summed E-state index contributed by atoms with van der Waals surface area (Å²) in [6, 6.07) is 7.77. The topological polar surface area (TPSA) is 70.7 Å². The maximum atomic E-state index is 11.7. The van der Waals surface area contributed by atoms with Gasteiger partial charge in [-0.1, -0.05) is 32.9 Å². The molecule has 6 heteroatoms. The third-order valence-corrected chi connectivity index (χ3v) is 4.28.